The summed E-state index contributed by atoms with van der Waals surface area (Å²) in [6, 6.07) is 14.3. The van der Waals surface area contributed by atoms with Crippen molar-refractivity contribution in [2.45, 2.75) is 32.2 Å². The number of carbonyl (C=O) groups is 1. The normalized spacial score (nSPS) is 16.8. The van der Waals surface area contributed by atoms with Crippen LogP contribution in [0.1, 0.15) is 36.5 Å². The minimum absolute atomic E-state index is 0.0360. The van der Waals surface area contributed by atoms with Gasteiger partial charge in [-0.15, -0.1) is 0 Å². The van der Waals surface area contributed by atoms with E-state index >= 15 is 0 Å². The van der Waals surface area contributed by atoms with E-state index in [1.54, 1.807) is 6.07 Å². The summed E-state index contributed by atoms with van der Waals surface area (Å²) in [5, 5.41) is 5.60. The molecule has 136 valence electrons. The molecule has 0 aromatic heterocycles. The average molecular weight is 371 g/mol. The van der Waals surface area contributed by atoms with E-state index in [-0.39, 0.29) is 10.7 Å². The summed E-state index contributed by atoms with van der Waals surface area (Å²) < 4.78 is 13.6. The van der Waals surface area contributed by atoms with E-state index < -0.39 is 11.7 Å². The fraction of sp³-hybridized carbons (Fsp3) is 0.300. The van der Waals surface area contributed by atoms with E-state index in [0.717, 1.165) is 12.2 Å². The third kappa shape index (κ3) is 4.38. The lowest BCUT2D eigenvalue weighted by atomic mass is 10.0. The summed E-state index contributed by atoms with van der Waals surface area (Å²) in [5.41, 5.74) is 1.92. The predicted octanol–water partition coefficient (Wildman–Crippen LogP) is 4.33. The molecule has 0 aliphatic carbocycles. The molecule has 1 atom stereocenters. The molecule has 0 bridgehead atoms. The lowest BCUT2D eigenvalue weighted by molar-refractivity contribution is 0.0974. The zero-order valence-corrected chi connectivity index (χ0v) is 15.5. The minimum atomic E-state index is -0.576. The summed E-state index contributed by atoms with van der Waals surface area (Å²) in [6.45, 7) is 3.32. The first-order valence-electron chi connectivity index (χ1n) is 8.78. The maximum atomic E-state index is 13.6. The van der Waals surface area contributed by atoms with E-state index in [4.69, 9.17) is 12.2 Å². The Kier molecular flexibility index (Phi) is 5.83. The Bertz CT molecular complexity index is 794. The molecular weight excluding hydrogens is 349 g/mol. The number of thiocarbonyl (C=S) groups is 1. The third-order valence-corrected chi connectivity index (χ3v) is 4.81. The first-order chi connectivity index (χ1) is 12.5. The topological polar surface area (TPSA) is 44.4 Å². The molecule has 1 aliphatic rings. The van der Waals surface area contributed by atoms with Gasteiger partial charge in [-0.2, -0.15) is 0 Å². The van der Waals surface area contributed by atoms with Crippen LogP contribution in [0.2, 0.25) is 0 Å². The van der Waals surface area contributed by atoms with Crippen LogP contribution in [-0.4, -0.2) is 23.6 Å². The number of piperidine rings is 1. The number of anilines is 2. The van der Waals surface area contributed by atoms with Crippen LogP contribution in [0.15, 0.2) is 48.5 Å². The van der Waals surface area contributed by atoms with E-state index in [0.29, 0.717) is 6.04 Å². The number of hydrogen-bond acceptors (Lipinski definition) is 3. The molecule has 1 amide bonds. The van der Waals surface area contributed by atoms with Crippen molar-refractivity contribution in [1.29, 1.82) is 0 Å². The van der Waals surface area contributed by atoms with Gasteiger partial charge in [0.25, 0.3) is 5.91 Å². The second kappa shape index (κ2) is 8.27. The highest BCUT2D eigenvalue weighted by Gasteiger charge is 2.18. The number of rotatable bonds is 3. The Morgan fingerprint density at radius 3 is 2.58 bits per heavy atom. The standard InChI is InChI=1S/C20H22FN3OS/c1-14-6-4-5-13-24(14)16-11-9-15(10-12-16)22-20(26)23-19(25)17-7-2-3-8-18(17)21/h2-3,7-12,14H,4-6,13H2,1H3,(H2,22,23,25,26)/t14-/m1/s1. The first kappa shape index (κ1) is 18.3. The van der Waals surface area contributed by atoms with Crippen LogP contribution in [0.25, 0.3) is 0 Å². The van der Waals surface area contributed by atoms with Crippen molar-refractivity contribution in [3.8, 4) is 0 Å². The fourth-order valence-electron chi connectivity index (χ4n) is 3.20. The highest BCUT2D eigenvalue weighted by Crippen LogP contribution is 2.25. The number of amides is 1. The predicted molar refractivity (Wildman–Crippen MR) is 107 cm³/mol. The zero-order chi connectivity index (χ0) is 18.5. The summed E-state index contributed by atoms with van der Waals surface area (Å²) in [7, 11) is 0. The molecular formula is C20H22FN3OS. The van der Waals surface area contributed by atoms with Gasteiger partial charge in [-0.3, -0.25) is 10.1 Å². The summed E-state index contributed by atoms with van der Waals surface area (Å²) in [5.74, 6) is -1.15. The molecule has 0 radical (unpaired) electrons. The Morgan fingerprint density at radius 1 is 1.15 bits per heavy atom. The van der Waals surface area contributed by atoms with Crippen molar-refractivity contribution in [2.75, 3.05) is 16.8 Å². The van der Waals surface area contributed by atoms with E-state index in [1.165, 1.54) is 43.1 Å². The van der Waals surface area contributed by atoms with Gasteiger partial charge in [0.05, 0.1) is 5.56 Å². The summed E-state index contributed by atoms with van der Waals surface area (Å²) >= 11 is 5.16. The van der Waals surface area contributed by atoms with Gasteiger partial charge in [0.2, 0.25) is 0 Å². The zero-order valence-electron chi connectivity index (χ0n) is 14.7. The smallest absolute Gasteiger partial charge is 0.260 e. The fourth-order valence-corrected chi connectivity index (χ4v) is 3.41. The van der Waals surface area contributed by atoms with Crippen molar-refractivity contribution >= 4 is 34.6 Å². The van der Waals surface area contributed by atoms with Crippen LogP contribution in [0, 0.1) is 5.82 Å². The molecule has 2 aromatic carbocycles. The van der Waals surface area contributed by atoms with Crippen LogP contribution in [0.4, 0.5) is 15.8 Å². The van der Waals surface area contributed by atoms with E-state index in [2.05, 4.69) is 22.5 Å². The first-order valence-corrected chi connectivity index (χ1v) is 9.19. The molecule has 0 saturated carbocycles. The van der Waals surface area contributed by atoms with Crippen molar-refractivity contribution in [3.63, 3.8) is 0 Å². The molecule has 2 aromatic rings. The second-order valence-electron chi connectivity index (χ2n) is 6.47. The molecule has 3 rings (SSSR count). The van der Waals surface area contributed by atoms with Crippen molar-refractivity contribution in [1.82, 2.24) is 5.32 Å². The van der Waals surface area contributed by atoms with Crippen molar-refractivity contribution in [2.24, 2.45) is 0 Å². The highest BCUT2D eigenvalue weighted by molar-refractivity contribution is 7.80. The van der Waals surface area contributed by atoms with E-state index in [1.807, 2.05) is 24.3 Å². The number of halogens is 1. The Balaban J connectivity index is 1.59. The lowest BCUT2D eigenvalue weighted by Gasteiger charge is -2.35. The van der Waals surface area contributed by atoms with Gasteiger partial charge in [0, 0.05) is 24.0 Å². The monoisotopic (exact) mass is 371 g/mol. The van der Waals surface area contributed by atoms with E-state index in [9.17, 15) is 9.18 Å². The number of carbonyl (C=O) groups excluding carboxylic acids is 1. The van der Waals surface area contributed by atoms with Crippen LogP contribution in [0.5, 0.6) is 0 Å². The molecule has 0 spiro atoms. The second-order valence-corrected chi connectivity index (χ2v) is 6.88. The Hall–Kier alpha value is -2.47. The van der Waals surface area contributed by atoms with Gasteiger partial charge in [-0.1, -0.05) is 12.1 Å². The lowest BCUT2D eigenvalue weighted by Crippen LogP contribution is -2.37. The van der Waals surface area contributed by atoms with Gasteiger partial charge < -0.3 is 10.2 Å². The SMILES string of the molecule is C[C@@H]1CCCCN1c1ccc(NC(=S)NC(=O)c2ccccc2F)cc1. The summed E-state index contributed by atoms with van der Waals surface area (Å²) in [4.78, 5) is 14.5. The van der Waals surface area contributed by atoms with Crippen molar-refractivity contribution < 1.29 is 9.18 Å². The number of nitrogens with zero attached hydrogens (tertiary/aromatic N) is 1. The number of benzene rings is 2. The molecule has 4 nitrogen and oxygen atoms in total. The van der Waals surface area contributed by atoms with Crippen LogP contribution in [-0.2, 0) is 0 Å². The molecule has 6 heteroatoms. The van der Waals surface area contributed by atoms with Crippen LogP contribution in [0.3, 0.4) is 0 Å². The molecule has 1 saturated heterocycles. The van der Waals surface area contributed by atoms with Crippen LogP contribution < -0.4 is 15.5 Å². The summed E-state index contributed by atoms with van der Waals surface area (Å²) in [6.07, 6.45) is 3.72. The Labute approximate surface area is 158 Å². The number of hydrogen-bond donors (Lipinski definition) is 2. The maximum Gasteiger partial charge on any atom is 0.260 e. The van der Waals surface area contributed by atoms with Gasteiger partial charge in [0.1, 0.15) is 5.82 Å². The molecule has 26 heavy (non-hydrogen) atoms. The molecule has 1 heterocycles. The largest absolute Gasteiger partial charge is 0.369 e. The molecule has 0 unspecified atom stereocenters. The highest BCUT2D eigenvalue weighted by atomic mass is 32.1. The Morgan fingerprint density at radius 2 is 1.88 bits per heavy atom. The quantitative estimate of drug-likeness (QED) is 0.788. The number of nitrogens with one attached hydrogen (secondary N) is 2. The maximum absolute atomic E-state index is 13.6. The van der Waals surface area contributed by atoms with Gasteiger partial charge >= 0.3 is 0 Å². The molecule has 1 fully saturated rings. The molecule has 2 N–H and O–H groups in total. The van der Waals surface area contributed by atoms with Gasteiger partial charge in [-0.25, -0.2) is 4.39 Å². The van der Waals surface area contributed by atoms with Gasteiger partial charge in [0.15, 0.2) is 5.11 Å². The van der Waals surface area contributed by atoms with Gasteiger partial charge in [-0.05, 0) is 74.8 Å². The average Bonchev–Trinajstić information content (AvgIpc) is 2.63. The van der Waals surface area contributed by atoms with Crippen LogP contribution >= 0.6 is 12.2 Å². The molecule has 1 aliphatic heterocycles. The minimum Gasteiger partial charge on any atom is -0.369 e. The third-order valence-electron chi connectivity index (χ3n) is 4.61. The van der Waals surface area contributed by atoms with Crippen molar-refractivity contribution in [3.05, 3.63) is 59.9 Å².